The van der Waals surface area contributed by atoms with Gasteiger partial charge in [-0.15, -0.1) is 0 Å². The van der Waals surface area contributed by atoms with Gasteiger partial charge in [0.05, 0.1) is 12.9 Å². The van der Waals surface area contributed by atoms with Crippen molar-refractivity contribution < 1.29 is 0 Å². The van der Waals surface area contributed by atoms with Crippen LogP contribution in [-0.4, -0.2) is 9.55 Å². The minimum atomic E-state index is -0.185. The molecule has 1 aromatic rings. The molecule has 3 nitrogen and oxygen atoms in total. The summed E-state index contributed by atoms with van der Waals surface area (Å²) >= 11 is 8.64. The molecule has 1 heterocycles. The minimum absolute atomic E-state index is 0.185. The number of halogens is 2. The SMILES string of the molecule is C=C(Br)Cn1cnc(Cl)cc1=O. The zero-order chi connectivity index (χ0) is 9.14. The van der Waals surface area contributed by atoms with E-state index in [0.29, 0.717) is 11.0 Å². The lowest BCUT2D eigenvalue weighted by Crippen LogP contribution is -2.19. The standard InChI is InChI=1S/C7H6BrClN2O/c1-5(8)3-11-4-10-6(9)2-7(11)12/h2,4H,1,3H2. The Kier molecular flexibility index (Phi) is 3.05. The number of hydrogen-bond acceptors (Lipinski definition) is 2. The van der Waals surface area contributed by atoms with Crippen LogP contribution in [-0.2, 0) is 6.54 Å². The summed E-state index contributed by atoms with van der Waals surface area (Å²) in [6, 6.07) is 1.26. The Labute approximate surface area is 82.8 Å². The summed E-state index contributed by atoms with van der Waals surface area (Å²) in [7, 11) is 0. The van der Waals surface area contributed by atoms with E-state index in [1.807, 2.05) is 0 Å². The van der Waals surface area contributed by atoms with Gasteiger partial charge >= 0.3 is 0 Å². The fourth-order valence-electron chi connectivity index (χ4n) is 0.707. The summed E-state index contributed by atoms with van der Waals surface area (Å²) in [4.78, 5) is 14.9. The van der Waals surface area contributed by atoms with Crippen molar-refractivity contribution in [1.29, 1.82) is 0 Å². The molecule has 0 bridgehead atoms. The van der Waals surface area contributed by atoms with Gasteiger partial charge in [-0.2, -0.15) is 0 Å². The molecule has 0 unspecified atom stereocenters. The van der Waals surface area contributed by atoms with E-state index >= 15 is 0 Å². The second-order valence-corrected chi connectivity index (χ2v) is 3.70. The van der Waals surface area contributed by atoms with E-state index in [0.717, 1.165) is 0 Å². The van der Waals surface area contributed by atoms with E-state index < -0.39 is 0 Å². The van der Waals surface area contributed by atoms with Crippen LogP contribution in [0.2, 0.25) is 5.15 Å². The van der Waals surface area contributed by atoms with Crippen LogP contribution in [0.4, 0.5) is 0 Å². The molecular formula is C7H6BrClN2O. The molecule has 0 spiro atoms. The van der Waals surface area contributed by atoms with Crippen molar-refractivity contribution in [1.82, 2.24) is 9.55 Å². The minimum Gasteiger partial charge on any atom is -0.294 e. The van der Waals surface area contributed by atoms with Crippen molar-refractivity contribution >= 4 is 27.5 Å². The lowest BCUT2D eigenvalue weighted by molar-refractivity contribution is 0.749. The number of allylic oxidation sites excluding steroid dienone is 1. The van der Waals surface area contributed by atoms with Crippen LogP contribution in [0.3, 0.4) is 0 Å². The Morgan fingerprint density at radius 1 is 1.83 bits per heavy atom. The molecule has 0 saturated carbocycles. The number of hydrogen-bond donors (Lipinski definition) is 0. The molecular weight excluding hydrogens is 243 g/mol. The predicted octanol–water partition coefficient (Wildman–Crippen LogP) is 1.81. The zero-order valence-corrected chi connectivity index (χ0v) is 8.47. The normalized spacial score (nSPS) is 9.83. The van der Waals surface area contributed by atoms with Crippen molar-refractivity contribution in [3.63, 3.8) is 0 Å². The van der Waals surface area contributed by atoms with Crippen LogP contribution in [0.1, 0.15) is 0 Å². The molecule has 0 atom stereocenters. The van der Waals surface area contributed by atoms with Gasteiger partial charge in [0.15, 0.2) is 0 Å². The molecule has 0 radical (unpaired) electrons. The van der Waals surface area contributed by atoms with Gasteiger partial charge in [0.25, 0.3) is 5.56 Å². The summed E-state index contributed by atoms with van der Waals surface area (Å²) in [5, 5.41) is 0.205. The Hall–Kier alpha value is -0.610. The molecule has 0 aromatic carbocycles. The van der Waals surface area contributed by atoms with Crippen molar-refractivity contribution in [2.75, 3.05) is 0 Å². The van der Waals surface area contributed by atoms with Crippen molar-refractivity contribution in [2.45, 2.75) is 6.54 Å². The summed E-state index contributed by atoms with van der Waals surface area (Å²) < 4.78 is 2.12. The Morgan fingerprint density at radius 2 is 2.50 bits per heavy atom. The van der Waals surface area contributed by atoms with Crippen LogP contribution in [0, 0.1) is 0 Å². The third kappa shape index (κ3) is 2.46. The lowest BCUT2D eigenvalue weighted by atomic mass is 10.5. The maximum absolute atomic E-state index is 11.2. The van der Waals surface area contributed by atoms with Crippen LogP contribution in [0.25, 0.3) is 0 Å². The van der Waals surface area contributed by atoms with E-state index in [2.05, 4.69) is 27.5 Å². The van der Waals surface area contributed by atoms with Crippen LogP contribution >= 0.6 is 27.5 Å². The van der Waals surface area contributed by atoms with Crippen molar-refractivity contribution in [2.24, 2.45) is 0 Å². The molecule has 0 aliphatic heterocycles. The Morgan fingerprint density at radius 3 is 3.00 bits per heavy atom. The van der Waals surface area contributed by atoms with E-state index in [-0.39, 0.29) is 10.7 Å². The average molecular weight is 249 g/mol. The first-order valence-corrected chi connectivity index (χ1v) is 4.32. The molecule has 0 saturated heterocycles. The summed E-state index contributed by atoms with van der Waals surface area (Å²) in [5.74, 6) is 0. The fraction of sp³-hybridized carbons (Fsp3) is 0.143. The second kappa shape index (κ2) is 3.87. The van der Waals surface area contributed by atoms with Crippen LogP contribution < -0.4 is 5.56 Å². The van der Waals surface area contributed by atoms with Gasteiger partial charge in [-0.1, -0.05) is 34.1 Å². The lowest BCUT2D eigenvalue weighted by Gasteiger charge is -2.01. The summed E-state index contributed by atoms with van der Waals surface area (Å²) in [5.41, 5.74) is -0.185. The van der Waals surface area contributed by atoms with Gasteiger partial charge in [-0.25, -0.2) is 4.98 Å². The predicted molar refractivity (Wildman–Crippen MR) is 51.6 cm³/mol. The molecule has 12 heavy (non-hydrogen) atoms. The number of rotatable bonds is 2. The van der Waals surface area contributed by atoms with E-state index in [4.69, 9.17) is 11.6 Å². The van der Waals surface area contributed by atoms with Gasteiger partial charge in [-0.3, -0.25) is 9.36 Å². The third-order valence-corrected chi connectivity index (χ3v) is 1.65. The zero-order valence-electron chi connectivity index (χ0n) is 6.13. The first kappa shape index (κ1) is 9.48. The molecule has 0 aliphatic rings. The monoisotopic (exact) mass is 248 g/mol. The summed E-state index contributed by atoms with van der Waals surface area (Å²) in [6.45, 7) is 4.02. The van der Waals surface area contributed by atoms with Crippen LogP contribution in [0.5, 0.6) is 0 Å². The Bertz CT molecular complexity index is 361. The first-order valence-electron chi connectivity index (χ1n) is 3.15. The topological polar surface area (TPSA) is 34.9 Å². The van der Waals surface area contributed by atoms with E-state index in [1.165, 1.54) is 17.0 Å². The van der Waals surface area contributed by atoms with Crippen molar-refractivity contribution in [3.05, 3.63) is 39.0 Å². The third-order valence-electron chi connectivity index (χ3n) is 1.19. The molecule has 64 valence electrons. The van der Waals surface area contributed by atoms with E-state index in [1.54, 1.807) is 0 Å². The molecule has 1 rings (SSSR count). The summed E-state index contributed by atoms with van der Waals surface area (Å²) in [6.07, 6.45) is 1.39. The molecule has 1 aromatic heterocycles. The highest BCUT2D eigenvalue weighted by Gasteiger charge is 1.97. The van der Waals surface area contributed by atoms with Crippen molar-refractivity contribution in [3.8, 4) is 0 Å². The van der Waals surface area contributed by atoms with Gasteiger partial charge in [0.2, 0.25) is 0 Å². The largest absolute Gasteiger partial charge is 0.294 e. The smallest absolute Gasteiger partial charge is 0.255 e. The quantitative estimate of drug-likeness (QED) is 0.749. The van der Waals surface area contributed by atoms with Gasteiger partial charge in [0, 0.05) is 10.5 Å². The maximum Gasteiger partial charge on any atom is 0.255 e. The molecule has 0 N–H and O–H groups in total. The molecule has 0 amide bonds. The average Bonchev–Trinajstić information content (AvgIpc) is 1.94. The highest BCUT2D eigenvalue weighted by atomic mass is 79.9. The van der Waals surface area contributed by atoms with E-state index in [9.17, 15) is 4.79 Å². The second-order valence-electron chi connectivity index (χ2n) is 2.20. The number of aromatic nitrogens is 2. The number of nitrogens with zero attached hydrogens (tertiary/aromatic N) is 2. The molecule has 0 fully saturated rings. The highest BCUT2D eigenvalue weighted by Crippen LogP contribution is 2.03. The fourth-order valence-corrected chi connectivity index (χ4v) is 1.11. The van der Waals surface area contributed by atoms with Gasteiger partial charge in [-0.05, 0) is 0 Å². The Balaban J connectivity index is 3.02. The first-order chi connectivity index (χ1) is 5.59. The maximum atomic E-state index is 11.2. The molecule has 0 aliphatic carbocycles. The van der Waals surface area contributed by atoms with Gasteiger partial charge < -0.3 is 0 Å². The van der Waals surface area contributed by atoms with Crippen LogP contribution in [0.15, 0.2) is 28.2 Å². The van der Waals surface area contributed by atoms with Gasteiger partial charge in [0.1, 0.15) is 5.15 Å². The molecule has 5 heteroatoms. The highest BCUT2D eigenvalue weighted by molar-refractivity contribution is 9.11.